The smallest absolute Gasteiger partial charge is 0.253 e. The summed E-state index contributed by atoms with van der Waals surface area (Å²) in [6.45, 7) is 0.364. The zero-order valence-corrected chi connectivity index (χ0v) is 14.3. The molecule has 0 saturated carbocycles. The molecule has 6 heteroatoms. The highest BCUT2D eigenvalue weighted by atomic mass is 35.5. The van der Waals surface area contributed by atoms with Gasteiger partial charge >= 0.3 is 0 Å². The Morgan fingerprint density at radius 3 is 2.64 bits per heavy atom. The zero-order chi connectivity index (χ0) is 17.6. The van der Waals surface area contributed by atoms with Crippen molar-refractivity contribution < 1.29 is 9.53 Å². The maximum Gasteiger partial charge on any atom is 0.253 e. The number of amides is 1. The van der Waals surface area contributed by atoms with Crippen molar-refractivity contribution in [3.8, 4) is 17.3 Å². The zero-order valence-electron chi connectivity index (χ0n) is 13.6. The molecular weight excluding hydrogens is 338 g/mol. The number of halogens is 1. The van der Waals surface area contributed by atoms with Crippen LogP contribution in [0.2, 0.25) is 5.02 Å². The maximum absolute atomic E-state index is 12.2. The first kappa shape index (κ1) is 16.9. The molecule has 2 heterocycles. The molecule has 0 atom stereocenters. The van der Waals surface area contributed by atoms with Crippen LogP contribution in [0.25, 0.3) is 11.4 Å². The summed E-state index contributed by atoms with van der Waals surface area (Å²) >= 11 is 6.02. The lowest BCUT2D eigenvalue weighted by atomic mass is 10.2. The summed E-state index contributed by atoms with van der Waals surface area (Å²) < 4.78 is 5.12. The third-order valence-corrected chi connectivity index (χ3v) is 3.92. The lowest BCUT2D eigenvalue weighted by molar-refractivity contribution is 0.0951. The molecule has 0 aliphatic carbocycles. The van der Waals surface area contributed by atoms with Gasteiger partial charge in [-0.25, -0.2) is 4.98 Å². The highest BCUT2D eigenvalue weighted by molar-refractivity contribution is 6.33. The molecule has 0 saturated heterocycles. The third-order valence-electron chi connectivity index (χ3n) is 3.59. The van der Waals surface area contributed by atoms with Gasteiger partial charge in [-0.15, -0.1) is 0 Å². The normalized spacial score (nSPS) is 10.3. The van der Waals surface area contributed by atoms with E-state index in [1.165, 1.54) is 0 Å². The third kappa shape index (κ3) is 4.14. The molecule has 3 rings (SSSR count). The molecule has 0 spiro atoms. The number of methoxy groups -OCH3 is 1. The van der Waals surface area contributed by atoms with Gasteiger partial charge in [-0.05, 0) is 29.8 Å². The highest BCUT2D eigenvalue weighted by Gasteiger charge is 2.09. The van der Waals surface area contributed by atoms with Crippen LogP contribution in [0.5, 0.6) is 5.88 Å². The number of hydrogen-bond acceptors (Lipinski definition) is 4. The summed E-state index contributed by atoms with van der Waals surface area (Å²) in [5.74, 6) is 0.319. The fraction of sp³-hybridized carbons (Fsp3) is 0.105. The van der Waals surface area contributed by atoms with E-state index >= 15 is 0 Å². The molecule has 0 fully saturated rings. The number of hydrogen-bond donors (Lipinski definition) is 1. The van der Waals surface area contributed by atoms with Gasteiger partial charge in [0.15, 0.2) is 0 Å². The number of nitrogens with zero attached hydrogens (tertiary/aromatic N) is 2. The standard InChI is InChI=1S/C19H16ClN3O2/c1-25-18-8-4-7-17(23-18)16-10-9-13(11-21-16)12-22-19(24)14-5-2-3-6-15(14)20/h2-11H,12H2,1H3,(H,22,24). The number of pyridine rings is 2. The molecule has 25 heavy (non-hydrogen) atoms. The minimum Gasteiger partial charge on any atom is -0.481 e. The van der Waals surface area contributed by atoms with E-state index in [1.54, 1.807) is 43.6 Å². The van der Waals surface area contributed by atoms with E-state index in [4.69, 9.17) is 16.3 Å². The van der Waals surface area contributed by atoms with Gasteiger partial charge in [0, 0.05) is 18.8 Å². The van der Waals surface area contributed by atoms with Gasteiger partial charge < -0.3 is 10.1 Å². The monoisotopic (exact) mass is 353 g/mol. The quantitative estimate of drug-likeness (QED) is 0.759. The largest absolute Gasteiger partial charge is 0.481 e. The molecule has 0 bridgehead atoms. The van der Waals surface area contributed by atoms with Crippen LogP contribution >= 0.6 is 11.6 Å². The summed E-state index contributed by atoms with van der Waals surface area (Å²) in [6, 6.07) is 16.2. The molecule has 1 aromatic carbocycles. The number of rotatable bonds is 5. The Kier molecular flexibility index (Phi) is 5.26. The van der Waals surface area contributed by atoms with Crippen LogP contribution in [0.15, 0.2) is 60.8 Å². The number of carbonyl (C=O) groups excluding carboxylic acids is 1. The van der Waals surface area contributed by atoms with Crippen molar-refractivity contribution in [3.05, 3.63) is 76.9 Å². The van der Waals surface area contributed by atoms with Crippen LogP contribution in [0.3, 0.4) is 0 Å². The second-order valence-corrected chi connectivity index (χ2v) is 5.69. The lowest BCUT2D eigenvalue weighted by Gasteiger charge is -2.07. The van der Waals surface area contributed by atoms with E-state index < -0.39 is 0 Å². The van der Waals surface area contributed by atoms with E-state index in [1.807, 2.05) is 24.3 Å². The first-order valence-electron chi connectivity index (χ1n) is 7.66. The highest BCUT2D eigenvalue weighted by Crippen LogP contribution is 2.18. The van der Waals surface area contributed by atoms with Crippen molar-refractivity contribution in [3.63, 3.8) is 0 Å². The number of ether oxygens (including phenoxy) is 1. The molecule has 2 aromatic heterocycles. The van der Waals surface area contributed by atoms with Gasteiger partial charge in [-0.1, -0.05) is 35.9 Å². The number of nitrogens with one attached hydrogen (secondary N) is 1. The van der Waals surface area contributed by atoms with Crippen LogP contribution in [-0.2, 0) is 6.54 Å². The molecule has 3 aromatic rings. The van der Waals surface area contributed by atoms with E-state index in [0.29, 0.717) is 23.0 Å². The average molecular weight is 354 g/mol. The number of carbonyl (C=O) groups is 1. The molecule has 1 amide bonds. The first-order valence-corrected chi connectivity index (χ1v) is 8.04. The van der Waals surface area contributed by atoms with Crippen LogP contribution in [0.4, 0.5) is 0 Å². The predicted octanol–water partition coefficient (Wildman–Crippen LogP) is 3.74. The summed E-state index contributed by atoms with van der Waals surface area (Å²) in [4.78, 5) is 20.9. The second kappa shape index (κ2) is 7.77. The second-order valence-electron chi connectivity index (χ2n) is 5.28. The van der Waals surface area contributed by atoms with Gasteiger partial charge in [0.25, 0.3) is 5.91 Å². The summed E-state index contributed by atoms with van der Waals surface area (Å²) in [5, 5.41) is 3.26. The van der Waals surface area contributed by atoms with Gasteiger partial charge in [0.2, 0.25) is 5.88 Å². The molecule has 0 radical (unpaired) electrons. The molecule has 0 aliphatic heterocycles. The Morgan fingerprint density at radius 2 is 1.92 bits per heavy atom. The molecule has 126 valence electrons. The van der Waals surface area contributed by atoms with Crippen molar-refractivity contribution >= 4 is 17.5 Å². The van der Waals surface area contributed by atoms with Crippen molar-refractivity contribution in [1.29, 1.82) is 0 Å². The summed E-state index contributed by atoms with van der Waals surface area (Å²) in [6.07, 6.45) is 1.71. The number of aromatic nitrogens is 2. The van der Waals surface area contributed by atoms with Crippen LogP contribution < -0.4 is 10.1 Å². The Hall–Kier alpha value is -2.92. The Balaban J connectivity index is 1.67. The SMILES string of the molecule is COc1cccc(-c2ccc(CNC(=O)c3ccccc3Cl)cn2)n1. The first-order chi connectivity index (χ1) is 12.2. The topological polar surface area (TPSA) is 64.1 Å². The Bertz CT molecular complexity index is 882. The van der Waals surface area contributed by atoms with Crippen molar-refractivity contribution in [2.45, 2.75) is 6.54 Å². The Labute approximate surface area is 150 Å². The van der Waals surface area contributed by atoms with Gasteiger partial charge in [0.1, 0.15) is 0 Å². The van der Waals surface area contributed by atoms with Gasteiger partial charge in [-0.3, -0.25) is 9.78 Å². The minimum atomic E-state index is -0.218. The number of benzene rings is 1. The van der Waals surface area contributed by atoms with Crippen molar-refractivity contribution in [2.24, 2.45) is 0 Å². The van der Waals surface area contributed by atoms with Crippen molar-refractivity contribution in [2.75, 3.05) is 7.11 Å². The Morgan fingerprint density at radius 1 is 1.08 bits per heavy atom. The molecular formula is C19H16ClN3O2. The van der Waals surface area contributed by atoms with E-state index in [0.717, 1.165) is 17.0 Å². The van der Waals surface area contributed by atoms with Crippen molar-refractivity contribution in [1.82, 2.24) is 15.3 Å². The minimum absolute atomic E-state index is 0.218. The van der Waals surface area contributed by atoms with E-state index in [9.17, 15) is 4.79 Å². The van der Waals surface area contributed by atoms with Crippen LogP contribution in [0, 0.1) is 0 Å². The maximum atomic E-state index is 12.2. The predicted molar refractivity (Wildman–Crippen MR) is 96.6 cm³/mol. The molecule has 5 nitrogen and oxygen atoms in total. The van der Waals surface area contributed by atoms with E-state index in [2.05, 4.69) is 15.3 Å². The van der Waals surface area contributed by atoms with Gasteiger partial charge in [-0.2, -0.15) is 0 Å². The molecule has 1 N–H and O–H groups in total. The van der Waals surface area contributed by atoms with Gasteiger partial charge in [0.05, 0.1) is 29.1 Å². The molecule has 0 aliphatic rings. The average Bonchev–Trinajstić information content (AvgIpc) is 2.67. The fourth-order valence-corrected chi connectivity index (χ4v) is 2.50. The van der Waals surface area contributed by atoms with Crippen LogP contribution in [-0.4, -0.2) is 23.0 Å². The molecule has 0 unspecified atom stereocenters. The summed E-state index contributed by atoms with van der Waals surface area (Å²) in [5.41, 5.74) is 2.80. The lowest BCUT2D eigenvalue weighted by Crippen LogP contribution is -2.23. The van der Waals surface area contributed by atoms with Crippen LogP contribution in [0.1, 0.15) is 15.9 Å². The van der Waals surface area contributed by atoms with E-state index in [-0.39, 0.29) is 5.91 Å². The fourth-order valence-electron chi connectivity index (χ4n) is 2.27. The summed E-state index contributed by atoms with van der Waals surface area (Å²) in [7, 11) is 1.57.